The van der Waals surface area contributed by atoms with Crippen LogP contribution in [0.25, 0.3) is 10.9 Å². The summed E-state index contributed by atoms with van der Waals surface area (Å²) in [5.41, 5.74) is 18.5. The lowest BCUT2D eigenvalue weighted by atomic mass is 10.0. The molecule has 0 radical (unpaired) electrons. The van der Waals surface area contributed by atoms with Crippen molar-refractivity contribution < 1.29 is 91.3 Å². The van der Waals surface area contributed by atoms with E-state index in [1.807, 2.05) is 20.1 Å². The van der Waals surface area contributed by atoms with Crippen LogP contribution in [0.5, 0.6) is 0 Å². The Balaban J connectivity index is 1.61. The Bertz CT molecular complexity index is 3530. The van der Waals surface area contributed by atoms with Gasteiger partial charge >= 0.3 is 0 Å². The van der Waals surface area contributed by atoms with Crippen molar-refractivity contribution >= 4 is 129 Å². The predicted octanol–water partition coefficient (Wildman–Crippen LogP) is -7.53. The lowest BCUT2D eigenvalue weighted by molar-refractivity contribution is -0.135. The maximum absolute atomic E-state index is 14.4. The number of carbonyl (C=O) groups is 16. The zero-order chi connectivity index (χ0) is 81.3. The fourth-order valence-electron chi connectivity index (χ4n) is 10.1. The van der Waals surface area contributed by atoms with Gasteiger partial charge in [0.2, 0.25) is 94.5 Å². The number of likely N-dealkylation sites (N-methyl/N-ethyl adjacent to an activating group) is 1. The first-order chi connectivity index (χ1) is 51.7. The Morgan fingerprint density at radius 3 is 1.84 bits per heavy atom. The molecule has 0 fully saturated rings. The van der Waals surface area contributed by atoms with Crippen molar-refractivity contribution in [2.45, 2.75) is 140 Å². The number of benzene rings is 1. The molecule has 3 aromatic rings. The second-order valence-electron chi connectivity index (χ2n) is 26.2. The summed E-state index contributed by atoms with van der Waals surface area (Å²) in [6.45, 7) is 5.96. The van der Waals surface area contributed by atoms with Gasteiger partial charge in [0, 0.05) is 74.0 Å². The van der Waals surface area contributed by atoms with Crippen LogP contribution in [0.1, 0.15) is 78.5 Å². The van der Waals surface area contributed by atoms with Crippen molar-refractivity contribution in [1.82, 2.24) is 94.3 Å². The molecule has 16 amide bonds. The number of nitrogens with one attached hydrogen (secondary N) is 16. The molecule has 606 valence electrons. The minimum Gasteiger partial charge on any atom is -0.394 e. The van der Waals surface area contributed by atoms with E-state index >= 15 is 0 Å². The van der Waals surface area contributed by atoms with Crippen molar-refractivity contribution in [2.24, 2.45) is 29.0 Å². The van der Waals surface area contributed by atoms with E-state index in [0.717, 1.165) is 11.8 Å². The quantitative estimate of drug-likeness (QED) is 0.0184. The van der Waals surface area contributed by atoms with E-state index in [2.05, 4.69) is 89.4 Å². The monoisotopic (exact) mass is 1570 g/mol. The van der Waals surface area contributed by atoms with Crippen LogP contribution >= 0.6 is 23.5 Å². The Labute approximate surface area is 639 Å². The highest BCUT2D eigenvalue weighted by Crippen LogP contribution is 2.20. The number of hydrogen-bond acceptors (Lipinski definition) is 25. The van der Waals surface area contributed by atoms with E-state index in [4.69, 9.17) is 26.7 Å². The molecule has 0 saturated heterocycles. The van der Waals surface area contributed by atoms with Gasteiger partial charge < -0.3 is 116 Å². The van der Waals surface area contributed by atoms with Gasteiger partial charge in [-0.25, -0.2) is 4.98 Å². The van der Waals surface area contributed by atoms with Gasteiger partial charge in [-0.15, -0.1) is 11.8 Å². The molecule has 1 aromatic carbocycles. The number of carbonyl (C=O) groups excluding carboxylic acids is 16. The molecule has 0 aliphatic carbocycles. The summed E-state index contributed by atoms with van der Waals surface area (Å²) < 4.78 is 11.0. The van der Waals surface area contributed by atoms with Gasteiger partial charge in [-0.3, -0.25) is 82.0 Å². The fraction of sp³-hybridized carbons (Fsp3) is 0.597. The molecule has 23 N–H and O–H groups in total. The van der Waals surface area contributed by atoms with Crippen molar-refractivity contribution in [3.63, 3.8) is 0 Å². The average Bonchev–Trinajstić information content (AvgIpc) is 1.64. The normalized spacial score (nSPS) is 14.0. The second-order valence-corrected chi connectivity index (χ2v) is 28.2. The van der Waals surface area contributed by atoms with Gasteiger partial charge in [0.05, 0.1) is 64.3 Å². The SMILES string of the molecule is CSCC[C@H](NC(=O)[C@H](CC(C)C)NC(=O)[C@H](Cc1cnc[nH]1)NC(=O)CNC(=O)[C@@H](NC(=O)[C@H](C)NC(=O)[C@H](Cc1c[nH]c2ccccc12)NC(=O)[C@H](CCC(N)=O)NC(=O)COCCOCCNC(CN)C(=O)NC(=O)CNC(=O)[C@H](CSCNC(C)=O)NC(=O)[C@H](CO)NC(=O)CN(C)C)C(C)C)C(N)=O. The van der Waals surface area contributed by atoms with Crippen LogP contribution in [0, 0.1) is 11.8 Å². The highest BCUT2D eigenvalue weighted by Gasteiger charge is 2.35. The highest BCUT2D eigenvalue weighted by molar-refractivity contribution is 7.99. The molecular weight excluding hydrogens is 1470 g/mol. The number of rotatable bonds is 53. The molecular formula is C67H107N21O19S2. The summed E-state index contributed by atoms with van der Waals surface area (Å²) in [4.78, 5) is 222. The molecule has 2 heterocycles. The van der Waals surface area contributed by atoms with E-state index in [9.17, 15) is 81.8 Å². The van der Waals surface area contributed by atoms with Crippen molar-refractivity contribution in [2.75, 3.05) is 103 Å². The first kappa shape index (κ1) is 93.4. The fourth-order valence-corrected chi connectivity index (χ4v) is 11.5. The Hall–Kier alpha value is -9.85. The molecule has 0 aliphatic rings. The van der Waals surface area contributed by atoms with Crippen LogP contribution in [0.15, 0.2) is 43.0 Å². The lowest BCUT2D eigenvalue weighted by Gasteiger charge is -2.26. The number of H-pyrrole nitrogens is 2. The van der Waals surface area contributed by atoms with E-state index < -0.39 is 181 Å². The number of thioether (sulfide) groups is 2. The van der Waals surface area contributed by atoms with E-state index in [1.165, 1.54) is 43.0 Å². The number of primary amides is 2. The standard InChI is InChI=1S/C67H107N21O19S2/c1-36(2)22-46(63(101)82-44(58(70)96)16-21-108-9)83-64(102)48(24-41-27-71-34-76-41)80-53(92)28-75-67(105)57(37(3)4)87-59(97)38(5)78-62(100)47(23-40-26-73-43-13-11-10-12-42(40)43)84-61(99)45(14-15-52(69)91)79-56(95)32-107-20-19-106-18-17-72-49(25-68)65(103)86-54(93)29-74-60(98)51(33-109-35-77-39(6)90)85-66(104)50(31-89)81-55(94)30-88(7)8/h10-13,26-27,34,36-38,44-51,57,72-73,89H,14-25,28-33,35,68H2,1-9H3,(H2,69,91)(H2,70,96)(H,71,76)(H,74,98)(H,75,105)(H,77,90)(H,78,100)(H,79,95)(H,80,92)(H,81,94)(H,82,101)(H,83,102)(H,84,99)(H,85,104)(H,87,97)(H,86,93,103)/t38-,44-,45-,46-,47-,48-,49?,50-,51-,57-/m0/s1. The first-order valence-corrected chi connectivity index (χ1v) is 37.6. The number of aromatic nitrogens is 3. The molecule has 0 aliphatic heterocycles. The molecule has 10 atom stereocenters. The smallest absolute Gasteiger partial charge is 0.246 e. The van der Waals surface area contributed by atoms with Crippen LogP contribution in [0.3, 0.4) is 0 Å². The van der Waals surface area contributed by atoms with Gasteiger partial charge in [0.1, 0.15) is 61.0 Å². The summed E-state index contributed by atoms with van der Waals surface area (Å²) in [6, 6.07) is -5.86. The van der Waals surface area contributed by atoms with Crippen LogP contribution in [0.4, 0.5) is 0 Å². The highest BCUT2D eigenvalue weighted by atomic mass is 32.2. The second kappa shape index (κ2) is 50.0. The van der Waals surface area contributed by atoms with Gasteiger partial charge in [0.25, 0.3) is 0 Å². The minimum absolute atomic E-state index is 0.0165. The number of ether oxygens (including phenoxy) is 2. The van der Waals surface area contributed by atoms with Gasteiger partial charge in [-0.1, -0.05) is 45.9 Å². The molecule has 0 bridgehead atoms. The third kappa shape index (κ3) is 36.3. The molecule has 42 heteroatoms. The summed E-state index contributed by atoms with van der Waals surface area (Å²) in [6.07, 6.45) is 5.63. The molecule has 3 rings (SSSR count). The Morgan fingerprint density at radius 1 is 0.606 bits per heavy atom. The van der Waals surface area contributed by atoms with Crippen molar-refractivity contribution in [1.29, 1.82) is 0 Å². The van der Waals surface area contributed by atoms with Crippen LogP contribution in [-0.2, 0) is 99.0 Å². The molecule has 0 saturated carbocycles. The van der Waals surface area contributed by atoms with Gasteiger partial charge in [0.15, 0.2) is 0 Å². The maximum Gasteiger partial charge on any atom is 0.246 e. The number of aromatic amines is 2. The molecule has 1 unspecified atom stereocenters. The van der Waals surface area contributed by atoms with E-state index in [1.54, 1.807) is 58.4 Å². The van der Waals surface area contributed by atoms with Crippen LogP contribution in [0.2, 0.25) is 0 Å². The maximum atomic E-state index is 14.4. The van der Waals surface area contributed by atoms with Gasteiger partial charge in [-0.05, 0) is 75.8 Å². The first-order valence-electron chi connectivity index (χ1n) is 35.0. The van der Waals surface area contributed by atoms with Crippen LogP contribution in [-0.4, -0.2) is 283 Å². The van der Waals surface area contributed by atoms with Gasteiger partial charge in [-0.2, -0.15) is 11.8 Å². The Morgan fingerprint density at radius 2 is 1.21 bits per heavy atom. The topological polar surface area (TPSA) is 606 Å². The average molecular weight is 1570 g/mol. The lowest BCUT2D eigenvalue weighted by Crippen LogP contribution is -2.59. The number of imidazole rings is 1. The number of fused-ring (bicyclic) bond motifs is 1. The molecule has 0 spiro atoms. The number of imide groups is 1. The van der Waals surface area contributed by atoms with Crippen molar-refractivity contribution in [3.8, 4) is 0 Å². The third-order valence-electron chi connectivity index (χ3n) is 15.8. The zero-order valence-corrected chi connectivity index (χ0v) is 64.3. The third-order valence-corrected chi connectivity index (χ3v) is 17.4. The largest absolute Gasteiger partial charge is 0.394 e. The number of nitrogens with two attached hydrogens (primary N) is 3. The summed E-state index contributed by atoms with van der Waals surface area (Å²) in [5.74, 6) is -12.9. The number of aliphatic hydroxyl groups is 1. The number of aliphatic hydroxyl groups excluding tert-OH is 1. The van der Waals surface area contributed by atoms with Crippen LogP contribution < -0.4 is 91.6 Å². The zero-order valence-electron chi connectivity index (χ0n) is 62.6. The number of hydrogen-bond donors (Lipinski definition) is 20. The molecule has 2 aromatic heterocycles. The summed E-state index contributed by atoms with van der Waals surface area (Å²) in [5, 5.41) is 45.7. The number of para-hydroxylation sites is 1. The number of amides is 16. The van der Waals surface area contributed by atoms with E-state index in [0.29, 0.717) is 27.9 Å². The van der Waals surface area contributed by atoms with E-state index in [-0.39, 0.29) is 101 Å². The Kier molecular flexibility index (Phi) is 42.8. The molecule has 109 heavy (non-hydrogen) atoms. The summed E-state index contributed by atoms with van der Waals surface area (Å²) >= 11 is 2.49. The summed E-state index contributed by atoms with van der Waals surface area (Å²) in [7, 11) is 3.23. The van der Waals surface area contributed by atoms with Crippen molar-refractivity contribution in [3.05, 3.63) is 54.2 Å². The minimum atomic E-state index is -1.47. The number of nitrogens with zero attached hydrogens (tertiary/aromatic N) is 2. The predicted molar refractivity (Wildman–Crippen MR) is 401 cm³/mol. The molecule has 40 nitrogen and oxygen atoms in total.